The lowest BCUT2D eigenvalue weighted by Gasteiger charge is -2.27. The molecule has 2 aliphatic carbocycles. The first-order chi connectivity index (χ1) is 20.1. The molecule has 224 valence electrons. The molecule has 0 bridgehead atoms. The van der Waals surface area contributed by atoms with Crippen molar-refractivity contribution in [3.8, 4) is 11.8 Å². The summed E-state index contributed by atoms with van der Waals surface area (Å²) >= 11 is 0. The van der Waals surface area contributed by atoms with Crippen molar-refractivity contribution in [1.82, 2.24) is 10.3 Å². The van der Waals surface area contributed by atoms with Gasteiger partial charge in [0.05, 0.1) is 24.9 Å². The van der Waals surface area contributed by atoms with Gasteiger partial charge in [-0.1, -0.05) is 26.3 Å². The number of rotatable bonds is 14. The number of ketones is 3. The minimum absolute atomic E-state index is 0.0508. The lowest BCUT2D eigenvalue weighted by Crippen LogP contribution is -2.47. The van der Waals surface area contributed by atoms with Crippen LogP contribution in [0.4, 0.5) is 0 Å². The second-order valence-corrected chi connectivity index (χ2v) is 12.0. The molecule has 42 heavy (non-hydrogen) atoms. The quantitative estimate of drug-likeness (QED) is 0.246. The predicted molar refractivity (Wildman–Crippen MR) is 154 cm³/mol. The van der Waals surface area contributed by atoms with E-state index in [1.54, 1.807) is 19.2 Å². The van der Waals surface area contributed by atoms with E-state index in [9.17, 15) is 29.2 Å². The molecule has 0 radical (unpaired) electrons. The molecule has 2 aliphatic rings. The molecule has 0 saturated heterocycles. The largest absolute Gasteiger partial charge is 0.496 e. The van der Waals surface area contributed by atoms with E-state index >= 15 is 0 Å². The summed E-state index contributed by atoms with van der Waals surface area (Å²) in [5.41, 5.74) is -0.0903. The summed E-state index contributed by atoms with van der Waals surface area (Å²) in [7, 11) is 1.55. The van der Waals surface area contributed by atoms with E-state index in [0.717, 1.165) is 23.7 Å². The Hall–Kier alpha value is -4.00. The van der Waals surface area contributed by atoms with E-state index in [0.29, 0.717) is 43.5 Å². The number of aromatic amines is 1. The number of carbonyl (C=O) groups is 5. The van der Waals surface area contributed by atoms with Crippen LogP contribution >= 0.6 is 0 Å². The number of ether oxygens (including phenoxy) is 2. The monoisotopic (exact) mass is 577 g/mol. The highest BCUT2D eigenvalue weighted by molar-refractivity contribution is 6.02. The zero-order valence-corrected chi connectivity index (χ0v) is 24.5. The first-order valence-corrected chi connectivity index (χ1v) is 14.7. The number of carbonyl (C=O) groups excluding carboxylic acids is 5. The molecule has 1 heterocycles. The normalized spacial score (nSPS) is 19.0. The molecule has 4 rings (SSSR count). The van der Waals surface area contributed by atoms with Gasteiger partial charge in [-0.25, -0.2) is 0 Å². The lowest BCUT2D eigenvalue weighted by molar-refractivity contribution is -0.152. The summed E-state index contributed by atoms with van der Waals surface area (Å²) in [4.78, 5) is 68.3. The van der Waals surface area contributed by atoms with Crippen LogP contribution in [-0.4, -0.2) is 54.0 Å². The van der Waals surface area contributed by atoms with E-state index in [2.05, 4.69) is 10.3 Å². The molecule has 3 atom stereocenters. The van der Waals surface area contributed by atoms with Crippen molar-refractivity contribution in [3.05, 3.63) is 30.0 Å². The number of hydrogen-bond acceptors (Lipinski definition) is 8. The average molecular weight is 578 g/mol. The van der Waals surface area contributed by atoms with E-state index in [1.165, 1.54) is 0 Å². The van der Waals surface area contributed by atoms with Gasteiger partial charge in [0.25, 0.3) is 0 Å². The fourth-order valence-corrected chi connectivity index (χ4v) is 5.65. The molecule has 1 aromatic heterocycles. The molecular formula is C32H39N3O7. The van der Waals surface area contributed by atoms with Crippen molar-refractivity contribution in [2.24, 2.45) is 23.2 Å². The molecular weight excluding hydrogens is 538 g/mol. The molecule has 2 aromatic rings. The first-order valence-electron chi connectivity index (χ1n) is 14.7. The minimum atomic E-state index is -1.19. The van der Waals surface area contributed by atoms with Crippen LogP contribution in [0.1, 0.15) is 82.1 Å². The van der Waals surface area contributed by atoms with Crippen LogP contribution in [0.5, 0.6) is 5.75 Å². The molecule has 1 aromatic carbocycles. The van der Waals surface area contributed by atoms with Gasteiger partial charge in [0, 0.05) is 35.6 Å². The third-order valence-corrected chi connectivity index (χ3v) is 8.31. The maximum absolute atomic E-state index is 13.6. The topological polar surface area (TPSA) is 155 Å². The number of H-pyrrole nitrogens is 1. The highest BCUT2D eigenvalue weighted by Crippen LogP contribution is 2.46. The molecule has 2 fully saturated rings. The van der Waals surface area contributed by atoms with Gasteiger partial charge in [0.2, 0.25) is 5.91 Å². The molecule has 0 aliphatic heterocycles. The minimum Gasteiger partial charge on any atom is -0.496 e. The Bertz CT molecular complexity index is 1400. The van der Waals surface area contributed by atoms with Crippen LogP contribution in [0.2, 0.25) is 0 Å². The second-order valence-electron chi connectivity index (χ2n) is 12.0. The number of fused-ring (bicyclic) bond motifs is 1. The maximum Gasteiger partial charge on any atom is 0.326 e. The van der Waals surface area contributed by atoms with Crippen LogP contribution in [0.3, 0.4) is 0 Å². The molecule has 10 nitrogen and oxygen atoms in total. The van der Waals surface area contributed by atoms with Gasteiger partial charge in [-0.2, -0.15) is 5.26 Å². The summed E-state index contributed by atoms with van der Waals surface area (Å²) < 4.78 is 10.6. The summed E-state index contributed by atoms with van der Waals surface area (Å²) in [6, 6.07) is 8.06. The lowest BCUT2D eigenvalue weighted by atomic mass is 9.82. The van der Waals surface area contributed by atoms with Crippen LogP contribution in [-0.2, 0) is 23.9 Å². The van der Waals surface area contributed by atoms with Crippen LogP contribution in [0.25, 0.3) is 10.9 Å². The fraction of sp³-hybridized carbons (Fsp3) is 0.562. The Kier molecular flexibility index (Phi) is 9.81. The number of Topliss-reactive ketones (excluding diaryl/α,β-unsaturated/α-hetero) is 3. The van der Waals surface area contributed by atoms with Crippen molar-refractivity contribution in [1.29, 1.82) is 5.26 Å². The summed E-state index contributed by atoms with van der Waals surface area (Å²) in [5, 5.41) is 12.8. The highest BCUT2D eigenvalue weighted by Gasteiger charge is 2.52. The molecule has 10 heteroatoms. The van der Waals surface area contributed by atoms with Gasteiger partial charge in [0.1, 0.15) is 11.5 Å². The smallest absolute Gasteiger partial charge is 0.326 e. The van der Waals surface area contributed by atoms with Gasteiger partial charge >= 0.3 is 5.97 Å². The van der Waals surface area contributed by atoms with Crippen LogP contribution in [0.15, 0.2) is 24.3 Å². The second kappa shape index (κ2) is 13.3. The highest BCUT2D eigenvalue weighted by atomic mass is 16.5. The fourth-order valence-electron chi connectivity index (χ4n) is 5.65. The Balaban J connectivity index is 1.49. The van der Waals surface area contributed by atoms with Gasteiger partial charge in [0.15, 0.2) is 23.6 Å². The number of hydrogen-bond donors (Lipinski definition) is 2. The SMILES string of the molecule is COc1cccc2[nH]c(C(=O)C[C@@H](CC(C)C)C(=O)N[C@@H](C[C@@H]3CCCCC3=O)C(=O)COC(=O)C3(C#N)CC3)cc12. The number of benzene rings is 1. The van der Waals surface area contributed by atoms with Crippen LogP contribution < -0.4 is 10.1 Å². The number of nitrogens with zero attached hydrogens (tertiary/aromatic N) is 1. The maximum atomic E-state index is 13.6. The standard InChI is InChI=1S/C32H39N3O7/c1-19(2)13-21(15-27(37)25-16-22-23(34-25)8-6-10-29(22)41-3)30(39)35-24(14-20-7-4-5-9-26(20)36)28(38)17-42-31(40)32(18-33)11-12-32/h6,8,10,16,19-21,24,34H,4-5,7,9,11-15,17H2,1-3H3,(H,35,39)/t20-,21+,24-/m0/s1. The molecule has 1 amide bonds. The summed E-state index contributed by atoms with van der Waals surface area (Å²) in [6.45, 7) is 3.30. The number of aromatic nitrogens is 1. The zero-order valence-electron chi connectivity index (χ0n) is 24.5. The molecule has 2 saturated carbocycles. The number of amides is 1. The van der Waals surface area contributed by atoms with E-state index in [4.69, 9.17) is 9.47 Å². The van der Waals surface area contributed by atoms with E-state index < -0.39 is 41.6 Å². The number of nitriles is 1. The third kappa shape index (κ3) is 7.25. The van der Waals surface area contributed by atoms with Gasteiger partial charge < -0.3 is 19.8 Å². The van der Waals surface area contributed by atoms with Gasteiger partial charge in [-0.3, -0.25) is 24.0 Å². The van der Waals surface area contributed by atoms with Gasteiger partial charge in [-0.05, 0) is 62.6 Å². The van der Waals surface area contributed by atoms with Crippen molar-refractivity contribution in [2.45, 2.75) is 77.7 Å². The number of esters is 1. The van der Waals surface area contributed by atoms with Gasteiger partial charge in [-0.15, -0.1) is 0 Å². The van der Waals surface area contributed by atoms with E-state index in [-0.39, 0.29) is 36.2 Å². The summed E-state index contributed by atoms with van der Waals surface area (Å²) in [6.07, 6.45) is 3.91. The number of nitrogens with one attached hydrogen (secondary N) is 2. The Labute approximate surface area is 245 Å². The first kappa shape index (κ1) is 30.9. The van der Waals surface area contributed by atoms with Crippen molar-refractivity contribution < 1.29 is 33.4 Å². The molecule has 2 N–H and O–H groups in total. The van der Waals surface area contributed by atoms with Crippen molar-refractivity contribution in [3.63, 3.8) is 0 Å². The zero-order chi connectivity index (χ0) is 30.4. The number of methoxy groups -OCH3 is 1. The molecule has 0 unspecified atom stereocenters. The Morgan fingerprint density at radius 2 is 1.95 bits per heavy atom. The van der Waals surface area contributed by atoms with Crippen LogP contribution in [0, 0.1) is 34.5 Å². The Morgan fingerprint density at radius 1 is 1.19 bits per heavy atom. The molecule has 0 spiro atoms. The van der Waals surface area contributed by atoms with Crippen molar-refractivity contribution >= 4 is 40.1 Å². The van der Waals surface area contributed by atoms with Crippen molar-refractivity contribution in [2.75, 3.05) is 13.7 Å². The predicted octanol–water partition coefficient (Wildman–Crippen LogP) is 4.46. The average Bonchev–Trinajstić information content (AvgIpc) is 3.65. The third-order valence-electron chi connectivity index (χ3n) is 8.31. The van der Waals surface area contributed by atoms with E-state index in [1.807, 2.05) is 32.0 Å². The Morgan fingerprint density at radius 3 is 2.60 bits per heavy atom. The summed E-state index contributed by atoms with van der Waals surface area (Å²) in [5.74, 6) is -2.34.